The average molecular weight is 300 g/mol. The van der Waals surface area contributed by atoms with Crippen LogP contribution in [0.25, 0.3) is 0 Å². The fraction of sp³-hybridized carbons (Fsp3) is 0.600. The van der Waals surface area contributed by atoms with E-state index in [0.29, 0.717) is 16.1 Å². The van der Waals surface area contributed by atoms with Crippen molar-refractivity contribution in [1.29, 1.82) is 0 Å². The first-order valence-electron chi connectivity index (χ1n) is 6.87. The fourth-order valence-electron chi connectivity index (χ4n) is 3.60. The molecule has 104 valence electrons. The first kappa shape index (κ1) is 13.7. The summed E-state index contributed by atoms with van der Waals surface area (Å²) >= 11 is 12.3. The van der Waals surface area contributed by atoms with E-state index in [0.717, 1.165) is 19.7 Å². The summed E-state index contributed by atoms with van der Waals surface area (Å²) in [6.45, 7) is 1.77. The highest BCUT2D eigenvalue weighted by Gasteiger charge is 2.46. The van der Waals surface area contributed by atoms with E-state index in [1.165, 1.54) is 24.8 Å². The van der Waals surface area contributed by atoms with Crippen LogP contribution in [-0.4, -0.2) is 31.3 Å². The smallest absolute Gasteiger partial charge is 0.0992 e. The Labute approximate surface area is 124 Å². The van der Waals surface area contributed by atoms with E-state index in [2.05, 4.69) is 18.0 Å². The number of halogens is 2. The quantitative estimate of drug-likeness (QED) is 0.774. The molecule has 1 heterocycles. The molecule has 2 aliphatic rings. The molecule has 0 aromatic heterocycles. The third kappa shape index (κ3) is 2.40. The second-order valence-electron chi connectivity index (χ2n) is 5.83. The molecule has 0 unspecified atom stereocenters. The number of likely N-dealkylation sites (N-methyl/N-ethyl adjacent to an activating group) is 1. The molecule has 1 saturated carbocycles. The van der Waals surface area contributed by atoms with E-state index >= 15 is 0 Å². The minimum Gasteiger partial charge on any atom is -0.362 e. The van der Waals surface area contributed by atoms with Crippen LogP contribution >= 0.6 is 23.2 Å². The number of fused-ring (bicyclic) bond motifs is 1. The summed E-state index contributed by atoms with van der Waals surface area (Å²) in [5.41, 5.74) is 1.36. The van der Waals surface area contributed by atoms with Crippen LogP contribution in [0.2, 0.25) is 10.0 Å². The van der Waals surface area contributed by atoms with E-state index in [4.69, 9.17) is 27.9 Å². The molecule has 1 aromatic carbocycles. The largest absolute Gasteiger partial charge is 0.362 e. The normalized spacial score (nSPS) is 32.1. The lowest BCUT2D eigenvalue weighted by molar-refractivity contribution is -0.125. The van der Waals surface area contributed by atoms with Crippen LogP contribution in [-0.2, 0) is 10.2 Å². The molecule has 1 aliphatic carbocycles. The van der Waals surface area contributed by atoms with Crippen LogP contribution in [0.5, 0.6) is 0 Å². The summed E-state index contributed by atoms with van der Waals surface area (Å²) < 4.78 is 6.07. The standard InChI is InChI=1S/C15H19Cl2NO/c1-18-9-15(7-3-2-4-14(15)19-10-18)11-5-6-12(16)13(17)8-11/h5-6,8,14H,2-4,7,9-10H2,1H3/t14-,15-/m0/s1. The van der Waals surface area contributed by atoms with E-state index in [1.807, 2.05) is 12.1 Å². The Hall–Kier alpha value is -0.280. The van der Waals surface area contributed by atoms with Crippen molar-refractivity contribution in [3.8, 4) is 0 Å². The predicted octanol–water partition coefficient (Wildman–Crippen LogP) is 4.09. The third-order valence-electron chi connectivity index (χ3n) is 4.50. The van der Waals surface area contributed by atoms with E-state index in [1.54, 1.807) is 0 Å². The van der Waals surface area contributed by atoms with Crippen molar-refractivity contribution >= 4 is 23.2 Å². The molecule has 0 amide bonds. The number of benzene rings is 1. The number of hydrogen-bond acceptors (Lipinski definition) is 2. The Morgan fingerprint density at radius 2 is 2.11 bits per heavy atom. The van der Waals surface area contributed by atoms with Crippen molar-refractivity contribution in [3.05, 3.63) is 33.8 Å². The van der Waals surface area contributed by atoms with Gasteiger partial charge in [-0.3, -0.25) is 4.90 Å². The van der Waals surface area contributed by atoms with Gasteiger partial charge in [0.25, 0.3) is 0 Å². The van der Waals surface area contributed by atoms with Crippen molar-refractivity contribution in [2.24, 2.45) is 0 Å². The predicted molar refractivity (Wildman–Crippen MR) is 79.0 cm³/mol. The monoisotopic (exact) mass is 299 g/mol. The van der Waals surface area contributed by atoms with E-state index < -0.39 is 0 Å². The molecule has 0 radical (unpaired) electrons. The molecule has 19 heavy (non-hydrogen) atoms. The first-order valence-corrected chi connectivity index (χ1v) is 7.63. The molecule has 4 heteroatoms. The van der Waals surface area contributed by atoms with Gasteiger partial charge in [-0.1, -0.05) is 42.1 Å². The van der Waals surface area contributed by atoms with Gasteiger partial charge in [0.1, 0.15) is 0 Å². The van der Waals surface area contributed by atoms with Gasteiger partial charge in [0, 0.05) is 12.0 Å². The lowest BCUT2D eigenvalue weighted by Crippen LogP contribution is -2.56. The number of nitrogens with zero attached hydrogens (tertiary/aromatic N) is 1. The van der Waals surface area contributed by atoms with Gasteiger partial charge < -0.3 is 4.74 Å². The maximum Gasteiger partial charge on any atom is 0.0992 e. The highest BCUT2D eigenvalue weighted by molar-refractivity contribution is 6.42. The molecule has 0 bridgehead atoms. The molecule has 1 saturated heterocycles. The number of hydrogen-bond donors (Lipinski definition) is 0. The second kappa shape index (κ2) is 5.25. The molecule has 3 rings (SSSR count). The van der Waals surface area contributed by atoms with Gasteiger partial charge in [-0.2, -0.15) is 0 Å². The van der Waals surface area contributed by atoms with Gasteiger partial charge in [-0.25, -0.2) is 0 Å². The molecular weight excluding hydrogens is 281 g/mol. The Bertz CT molecular complexity index is 479. The van der Waals surface area contributed by atoms with Gasteiger partial charge in [0.05, 0.1) is 22.9 Å². The summed E-state index contributed by atoms with van der Waals surface area (Å²) in [7, 11) is 2.12. The van der Waals surface area contributed by atoms with Crippen LogP contribution in [0, 0.1) is 0 Å². The number of rotatable bonds is 1. The second-order valence-corrected chi connectivity index (χ2v) is 6.64. The zero-order chi connectivity index (χ0) is 13.5. The van der Waals surface area contributed by atoms with E-state index in [9.17, 15) is 0 Å². The summed E-state index contributed by atoms with van der Waals surface area (Å²) in [5.74, 6) is 0. The topological polar surface area (TPSA) is 12.5 Å². The van der Waals surface area contributed by atoms with Crippen molar-refractivity contribution in [2.75, 3.05) is 20.3 Å². The van der Waals surface area contributed by atoms with Crippen molar-refractivity contribution in [3.63, 3.8) is 0 Å². The molecule has 0 N–H and O–H groups in total. The van der Waals surface area contributed by atoms with E-state index in [-0.39, 0.29) is 5.41 Å². The summed E-state index contributed by atoms with van der Waals surface area (Å²) in [5, 5.41) is 1.27. The van der Waals surface area contributed by atoms with Gasteiger partial charge in [0.2, 0.25) is 0 Å². The SMILES string of the molecule is CN1CO[C@H]2CCCC[C@@]2(c2ccc(Cl)c(Cl)c2)C1. The molecule has 2 atom stereocenters. The maximum absolute atomic E-state index is 6.21. The van der Waals surface area contributed by atoms with Crippen LogP contribution in [0.1, 0.15) is 31.2 Å². The van der Waals surface area contributed by atoms with Crippen molar-refractivity contribution < 1.29 is 4.74 Å². The highest BCUT2D eigenvalue weighted by atomic mass is 35.5. The molecule has 2 nitrogen and oxygen atoms in total. The average Bonchev–Trinajstić information content (AvgIpc) is 2.41. The van der Waals surface area contributed by atoms with Crippen LogP contribution in [0.4, 0.5) is 0 Å². The molecular formula is C15H19Cl2NO. The Morgan fingerprint density at radius 3 is 2.89 bits per heavy atom. The molecule has 1 aromatic rings. The lowest BCUT2D eigenvalue weighted by atomic mass is 9.66. The third-order valence-corrected chi connectivity index (χ3v) is 5.24. The maximum atomic E-state index is 6.21. The van der Waals surface area contributed by atoms with Crippen LogP contribution < -0.4 is 0 Å². The van der Waals surface area contributed by atoms with Crippen LogP contribution in [0.15, 0.2) is 18.2 Å². The molecule has 1 aliphatic heterocycles. The highest BCUT2D eigenvalue weighted by Crippen LogP contribution is 2.45. The Balaban J connectivity index is 2.02. The van der Waals surface area contributed by atoms with Gasteiger partial charge >= 0.3 is 0 Å². The zero-order valence-electron chi connectivity index (χ0n) is 11.2. The van der Waals surface area contributed by atoms with Crippen molar-refractivity contribution in [2.45, 2.75) is 37.2 Å². The minimum absolute atomic E-state index is 0.0828. The molecule has 2 fully saturated rings. The van der Waals surface area contributed by atoms with Gasteiger partial charge in [-0.15, -0.1) is 0 Å². The van der Waals surface area contributed by atoms with Gasteiger partial charge in [0.15, 0.2) is 0 Å². The Morgan fingerprint density at radius 1 is 1.26 bits per heavy atom. The zero-order valence-corrected chi connectivity index (χ0v) is 12.7. The van der Waals surface area contributed by atoms with Crippen molar-refractivity contribution in [1.82, 2.24) is 4.90 Å². The van der Waals surface area contributed by atoms with Crippen LogP contribution in [0.3, 0.4) is 0 Å². The summed E-state index contributed by atoms with van der Waals surface area (Å²) in [4.78, 5) is 2.25. The summed E-state index contributed by atoms with van der Waals surface area (Å²) in [6.07, 6.45) is 5.15. The minimum atomic E-state index is 0.0828. The molecule has 0 spiro atoms. The Kier molecular flexibility index (Phi) is 3.78. The lowest BCUT2D eigenvalue weighted by Gasteiger charge is -2.50. The fourth-order valence-corrected chi connectivity index (χ4v) is 3.90. The summed E-state index contributed by atoms with van der Waals surface area (Å²) in [6, 6.07) is 6.06. The number of ether oxygens (including phenoxy) is 1. The van der Waals surface area contributed by atoms with Gasteiger partial charge in [-0.05, 0) is 37.6 Å². The first-order chi connectivity index (χ1) is 9.12.